The van der Waals surface area contributed by atoms with E-state index in [1.807, 2.05) is 0 Å². The second-order valence-electron chi connectivity index (χ2n) is 3.31. The van der Waals surface area contributed by atoms with E-state index in [2.05, 4.69) is 5.48 Å². The van der Waals surface area contributed by atoms with Crippen molar-refractivity contribution in [1.29, 1.82) is 0 Å². The molecule has 0 saturated heterocycles. The van der Waals surface area contributed by atoms with Gasteiger partial charge in [-0.05, 0) is 0 Å². The Morgan fingerprint density at radius 2 is 2.06 bits per heavy atom. The molecular weight excluding hydrogens is 250 g/mol. The van der Waals surface area contributed by atoms with Gasteiger partial charge in [-0.25, -0.2) is 4.39 Å². The molecule has 8 heteroatoms. The summed E-state index contributed by atoms with van der Waals surface area (Å²) >= 11 is 0. The largest absolute Gasteiger partial charge is 0.382 e. The number of nitro groups is 1. The second kappa shape index (κ2) is 6.94. The Morgan fingerprint density at radius 1 is 1.33 bits per heavy atom. The lowest BCUT2D eigenvalue weighted by Gasteiger charge is -2.06. The third-order valence-electron chi connectivity index (χ3n) is 2.07. The lowest BCUT2D eigenvalue weighted by molar-refractivity contribution is -0.387. The van der Waals surface area contributed by atoms with Gasteiger partial charge in [-0.1, -0.05) is 0 Å². The first kappa shape index (κ1) is 14.4. The minimum Gasteiger partial charge on any atom is -0.382 e. The van der Waals surface area contributed by atoms with Crippen LogP contribution in [-0.4, -0.2) is 25.2 Å². The van der Waals surface area contributed by atoms with Crippen LogP contribution in [0.2, 0.25) is 0 Å². The molecule has 0 atom stereocenters. The molecule has 1 rings (SSSR count). The van der Waals surface area contributed by atoms with Gasteiger partial charge < -0.3 is 4.74 Å². The van der Waals surface area contributed by atoms with Gasteiger partial charge in [0, 0.05) is 31.4 Å². The maximum absolute atomic E-state index is 13.3. The predicted molar refractivity (Wildman–Crippen MR) is 57.7 cm³/mol. The minimum atomic E-state index is -1.21. The fourth-order valence-corrected chi connectivity index (χ4v) is 1.18. The third kappa shape index (κ3) is 3.99. The summed E-state index contributed by atoms with van der Waals surface area (Å²) in [6.45, 7) is 0.469. The van der Waals surface area contributed by atoms with Crippen molar-refractivity contribution >= 4 is 5.69 Å². The van der Waals surface area contributed by atoms with Crippen molar-refractivity contribution < 1.29 is 23.3 Å². The average Bonchev–Trinajstić information content (AvgIpc) is 2.30. The van der Waals surface area contributed by atoms with E-state index >= 15 is 0 Å². The Bertz CT molecular complexity index is 429. The lowest BCUT2D eigenvalue weighted by atomic mass is 10.2. The van der Waals surface area contributed by atoms with E-state index in [-0.39, 0.29) is 18.7 Å². The topological polar surface area (TPSA) is 73.6 Å². The smallest absolute Gasteiger partial charge is 0.305 e. The molecule has 1 aromatic rings. The van der Waals surface area contributed by atoms with Crippen molar-refractivity contribution in [3.05, 3.63) is 39.4 Å². The van der Waals surface area contributed by atoms with Gasteiger partial charge >= 0.3 is 5.69 Å². The number of benzene rings is 1. The Kier molecular flexibility index (Phi) is 5.56. The van der Waals surface area contributed by atoms with Crippen LogP contribution in [0, 0.1) is 21.7 Å². The van der Waals surface area contributed by atoms with Crippen molar-refractivity contribution in [2.24, 2.45) is 0 Å². The molecule has 100 valence electrons. The number of ether oxygens (including phenoxy) is 1. The van der Waals surface area contributed by atoms with Crippen LogP contribution >= 0.6 is 0 Å². The van der Waals surface area contributed by atoms with E-state index in [4.69, 9.17) is 9.57 Å². The Hall–Kier alpha value is -1.64. The quantitative estimate of drug-likeness (QED) is 0.458. The van der Waals surface area contributed by atoms with Crippen molar-refractivity contribution in [1.82, 2.24) is 5.48 Å². The molecule has 0 unspecified atom stereocenters. The molecule has 0 saturated carbocycles. The Labute approximate surface area is 102 Å². The van der Waals surface area contributed by atoms with Gasteiger partial charge in [0.1, 0.15) is 5.82 Å². The van der Waals surface area contributed by atoms with Crippen molar-refractivity contribution in [3.63, 3.8) is 0 Å². The number of nitrogens with zero attached hydrogens (tertiary/aromatic N) is 1. The average molecular weight is 262 g/mol. The van der Waals surface area contributed by atoms with Crippen LogP contribution in [0.25, 0.3) is 0 Å². The monoisotopic (exact) mass is 262 g/mol. The van der Waals surface area contributed by atoms with E-state index in [9.17, 15) is 18.9 Å². The fraction of sp³-hybridized carbons (Fsp3) is 0.400. The molecule has 0 amide bonds. The molecule has 18 heavy (non-hydrogen) atoms. The molecule has 0 aliphatic rings. The van der Waals surface area contributed by atoms with Gasteiger partial charge in [-0.3, -0.25) is 15.0 Å². The molecule has 0 bridgehead atoms. The van der Waals surface area contributed by atoms with Gasteiger partial charge in [0.15, 0.2) is 0 Å². The number of nitro benzene ring substituents is 1. The minimum absolute atomic E-state index is 0.0551. The second-order valence-corrected chi connectivity index (χ2v) is 3.31. The number of halogens is 2. The van der Waals surface area contributed by atoms with Crippen molar-refractivity contribution in [2.75, 3.05) is 20.3 Å². The third-order valence-corrected chi connectivity index (χ3v) is 2.07. The van der Waals surface area contributed by atoms with Gasteiger partial charge in [0.25, 0.3) is 0 Å². The van der Waals surface area contributed by atoms with Crippen LogP contribution in [0.1, 0.15) is 5.56 Å². The summed E-state index contributed by atoms with van der Waals surface area (Å²) in [4.78, 5) is 14.4. The number of methoxy groups -OCH3 is 1. The van der Waals surface area contributed by atoms with Gasteiger partial charge in [0.05, 0.1) is 18.1 Å². The Morgan fingerprint density at radius 3 is 2.67 bits per heavy atom. The number of hydrogen-bond donors (Lipinski definition) is 1. The van der Waals surface area contributed by atoms with Gasteiger partial charge in [-0.2, -0.15) is 9.87 Å². The van der Waals surface area contributed by atoms with Gasteiger partial charge in [-0.15, -0.1) is 0 Å². The van der Waals surface area contributed by atoms with Crippen LogP contribution in [0.4, 0.5) is 14.5 Å². The molecular formula is C10H12F2N2O4. The number of nitrogens with one attached hydrogen (secondary N) is 1. The first-order chi connectivity index (χ1) is 8.56. The van der Waals surface area contributed by atoms with Crippen molar-refractivity contribution in [3.8, 4) is 0 Å². The van der Waals surface area contributed by atoms with E-state index in [1.54, 1.807) is 0 Å². The SMILES string of the molecule is COCCONCc1cc([N+](=O)[O-])c(F)cc1F. The summed E-state index contributed by atoms with van der Waals surface area (Å²) in [5.41, 5.74) is 1.57. The molecule has 1 aromatic carbocycles. The molecule has 1 N–H and O–H groups in total. The molecule has 0 aliphatic carbocycles. The highest BCUT2D eigenvalue weighted by Gasteiger charge is 2.18. The first-order valence-electron chi connectivity index (χ1n) is 5.02. The molecule has 0 fully saturated rings. The van der Waals surface area contributed by atoms with E-state index in [0.717, 1.165) is 6.07 Å². The van der Waals surface area contributed by atoms with Crippen LogP contribution in [0.5, 0.6) is 0 Å². The highest BCUT2D eigenvalue weighted by molar-refractivity contribution is 5.37. The standard InChI is InChI=1S/C10H12F2N2O4/c1-17-2-3-18-13-6-7-4-10(14(15)16)9(12)5-8(7)11/h4-5,13H,2-3,6H2,1H3. The lowest BCUT2D eigenvalue weighted by Crippen LogP contribution is -2.18. The number of rotatable bonds is 7. The molecule has 0 aromatic heterocycles. The van der Waals surface area contributed by atoms with Crippen LogP contribution in [-0.2, 0) is 16.1 Å². The van der Waals surface area contributed by atoms with Gasteiger partial charge in [0.2, 0.25) is 5.82 Å². The molecule has 0 spiro atoms. The summed E-state index contributed by atoms with van der Waals surface area (Å²) < 4.78 is 31.0. The fourth-order valence-electron chi connectivity index (χ4n) is 1.18. The normalized spacial score (nSPS) is 10.6. The molecule has 6 nitrogen and oxygen atoms in total. The van der Waals surface area contributed by atoms with E-state index in [0.29, 0.717) is 12.7 Å². The van der Waals surface area contributed by atoms with Crippen LogP contribution in [0.3, 0.4) is 0 Å². The maximum Gasteiger partial charge on any atom is 0.305 e. The molecule has 0 radical (unpaired) electrons. The summed E-state index contributed by atoms with van der Waals surface area (Å²) in [6, 6.07) is 1.31. The zero-order chi connectivity index (χ0) is 13.5. The zero-order valence-electron chi connectivity index (χ0n) is 9.61. The number of hydrogen-bond acceptors (Lipinski definition) is 5. The zero-order valence-corrected chi connectivity index (χ0v) is 9.61. The Balaban J connectivity index is 2.65. The molecule has 0 aliphatic heterocycles. The van der Waals surface area contributed by atoms with Crippen LogP contribution < -0.4 is 5.48 Å². The predicted octanol–water partition coefficient (Wildman–Crippen LogP) is 1.54. The highest BCUT2D eigenvalue weighted by Crippen LogP contribution is 2.21. The maximum atomic E-state index is 13.3. The van der Waals surface area contributed by atoms with Crippen LogP contribution in [0.15, 0.2) is 12.1 Å². The highest BCUT2D eigenvalue weighted by atomic mass is 19.1. The first-order valence-corrected chi connectivity index (χ1v) is 5.02. The number of hydroxylamine groups is 1. The summed E-state index contributed by atoms with van der Waals surface area (Å²) in [7, 11) is 1.49. The summed E-state index contributed by atoms with van der Waals surface area (Å²) in [5.74, 6) is -2.08. The summed E-state index contributed by atoms with van der Waals surface area (Å²) in [6.07, 6.45) is 0. The van der Waals surface area contributed by atoms with E-state index < -0.39 is 22.2 Å². The summed E-state index contributed by atoms with van der Waals surface area (Å²) in [5, 5.41) is 10.5. The van der Waals surface area contributed by atoms with E-state index in [1.165, 1.54) is 7.11 Å². The molecule has 0 heterocycles. The van der Waals surface area contributed by atoms with Crippen molar-refractivity contribution in [2.45, 2.75) is 6.54 Å².